The molecule has 4 aromatic carbocycles. The highest BCUT2D eigenvalue weighted by molar-refractivity contribution is 8.76. The Balaban J connectivity index is 1.43. The van der Waals surface area contributed by atoms with Gasteiger partial charge < -0.3 is 63.9 Å². The number of carbonyl (C=O) groups is 8. The normalized spacial score (nSPS) is 20.7. The van der Waals surface area contributed by atoms with E-state index in [0.717, 1.165) is 38.1 Å². The molecule has 20 nitrogen and oxygen atoms in total. The maximum absolute atomic E-state index is 15.0. The molecule has 5 aromatic rings. The fourth-order valence-electron chi connectivity index (χ4n) is 8.43. The molecule has 0 unspecified atom stereocenters. The molecular formula is C57H68N10O10S2. The quantitative estimate of drug-likeness (QED) is 0.0384. The molecule has 1 fully saturated rings. The second-order valence-electron chi connectivity index (χ2n) is 19.5. The summed E-state index contributed by atoms with van der Waals surface area (Å²) in [7, 11) is 2.05. The summed E-state index contributed by atoms with van der Waals surface area (Å²) in [6.07, 6.45) is 2.20. The Hall–Kier alpha value is -7.84. The van der Waals surface area contributed by atoms with Crippen LogP contribution in [-0.2, 0) is 57.6 Å². The van der Waals surface area contributed by atoms with E-state index in [0.29, 0.717) is 35.1 Å². The van der Waals surface area contributed by atoms with E-state index in [1.54, 1.807) is 56.4 Å². The van der Waals surface area contributed by atoms with E-state index in [2.05, 4.69) is 54.0 Å². The number of carboxylic acid groups (broad SMARTS) is 1. The Morgan fingerprint density at radius 2 is 1.19 bits per heavy atom. The summed E-state index contributed by atoms with van der Waals surface area (Å²) in [4.78, 5) is 116. The maximum Gasteiger partial charge on any atom is 0.326 e. The molecular weight excluding hydrogens is 1050 g/mol. The third kappa shape index (κ3) is 18.4. The third-order valence-electron chi connectivity index (χ3n) is 12.9. The molecule has 6 rings (SSSR count). The van der Waals surface area contributed by atoms with Gasteiger partial charge in [-0.25, -0.2) is 4.79 Å². The first-order chi connectivity index (χ1) is 37.9. The first kappa shape index (κ1) is 60.4. The van der Waals surface area contributed by atoms with E-state index in [-0.39, 0.29) is 49.5 Å². The van der Waals surface area contributed by atoms with Crippen LogP contribution in [0.25, 0.3) is 10.9 Å². The number of hydrogen-bond donors (Lipinski definition) is 12. The molecule has 7 amide bonds. The number of carboxylic acids is 1. The van der Waals surface area contributed by atoms with E-state index in [1.165, 1.54) is 19.1 Å². The Labute approximate surface area is 466 Å². The summed E-state index contributed by atoms with van der Waals surface area (Å²) in [5.41, 5.74) is 15.8. The van der Waals surface area contributed by atoms with Gasteiger partial charge in [-0.1, -0.05) is 108 Å². The molecule has 0 aliphatic carbocycles. The minimum absolute atomic E-state index is 0.0413. The van der Waals surface area contributed by atoms with Gasteiger partial charge in [0.2, 0.25) is 41.4 Å². The third-order valence-corrected chi connectivity index (χ3v) is 15.4. The summed E-state index contributed by atoms with van der Waals surface area (Å²) in [6.45, 7) is 4.89. The molecule has 0 saturated carbocycles. The number of carbonyl (C=O) groups excluding carboxylic acids is 7. The topological polar surface area (TPSA) is 329 Å². The van der Waals surface area contributed by atoms with E-state index < -0.39 is 102 Å². The van der Waals surface area contributed by atoms with Crippen molar-refractivity contribution >= 4 is 79.8 Å². The Bertz CT molecular complexity index is 2980. The van der Waals surface area contributed by atoms with Crippen molar-refractivity contribution in [2.24, 2.45) is 17.4 Å². The number of rotatable bonds is 16. The number of phenolic OH excluding ortho intramolecular Hbond substituents is 1. The Kier molecular flexibility index (Phi) is 22.8. The van der Waals surface area contributed by atoms with Crippen LogP contribution in [0.1, 0.15) is 67.9 Å². The summed E-state index contributed by atoms with van der Waals surface area (Å²) < 4.78 is 0. The lowest BCUT2D eigenvalue weighted by atomic mass is 10.00. The van der Waals surface area contributed by atoms with E-state index in [1.807, 2.05) is 54.6 Å². The van der Waals surface area contributed by atoms with Crippen LogP contribution in [0.2, 0.25) is 0 Å². The van der Waals surface area contributed by atoms with Gasteiger partial charge in [0.25, 0.3) is 0 Å². The first-order valence-corrected chi connectivity index (χ1v) is 28.4. The van der Waals surface area contributed by atoms with Crippen LogP contribution in [0.5, 0.6) is 5.75 Å². The summed E-state index contributed by atoms with van der Waals surface area (Å²) in [5, 5.41) is 40.0. The van der Waals surface area contributed by atoms with Gasteiger partial charge in [0.05, 0.1) is 6.04 Å². The zero-order chi connectivity index (χ0) is 57.0. The summed E-state index contributed by atoms with van der Waals surface area (Å²) in [6, 6.07) is 19.0. The number of benzene rings is 4. The lowest BCUT2D eigenvalue weighted by Gasteiger charge is -2.29. The number of nitrogens with two attached hydrogens (primary N) is 2. The SMILES string of the molecule is CC(C)[C@H](NC(=O)[C@@H]1CSSC[C@H](NC(=O)[C@@H](C)N)C(=O)N[C@@H](Cc2ccc(C#Cc3ccccc3)cc2)C(=O)N[C@@H](Cc2c[nH]c3ccccc23)C(=O)N[C@@H](CCCCN)C(=O)N[C@@H](Cc2ccc(O)cc2)C(=O)N1)C(=O)O. The number of para-hydroxylation sites is 1. The number of aromatic nitrogens is 1. The highest BCUT2D eigenvalue weighted by Gasteiger charge is 2.36. The van der Waals surface area contributed by atoms with Gasteiger partial charge in [-0.15, -0.1) is 0 Å². The number of aromatic amines is 1. The van der Waals surface area contributed by atoms with Crippen LogP contribution in [0.4, 0.5) is 0 Å². The van der Waals surface area contributed by atoms with Gasteiger partial charge in [0, 0.05) is 59.0 Å². The molecule has 418 valence electrons. The van der Waals surface area contributed by atoms with Gasteiger partial charge in [-0.3, -0.25) is 33.6 Å². The van der Waals surface area contributed by atoms with Crippen LogP contribution in [-0.4, -0.2) is 129 Å². The van der Waals surface area contributed by atoms with E-state index in [4.69, 9.17) is 11.5 Å². The maximum atomic E-state index is 15.0. The molecule has 14 N–H and O–H groups in total. The standard InChI is InChI=1S/C57H68N10O10S2/c1-33(2)49(57(76)77)67-56(75)48-32-79-78-31-47(65-50(69)34(3)59)55(74)63-44(27-37-20-18-36(19-21-37)17-16-35-11-5-4-6-12-35)52(71)64-46(29-39-30-60-42-14-8-7-13-41(39)42)54(73)61-43(15-9-10-26-58)51(70)62-45(53(72)66-48)28-38-22-24-40(68)25-23-38/h4-8,11-14,18-25,30,33-34,43-49,60,68H,9-10,15,26-29,31-32,58-59H2,1-3H3,(H,61,73)(H,62,70)(H,63,74)(H,64,71)(H,65,69)(H,66,72)(H,67,75)(H,76,77)/t34-,43+,44+,45+,46+,47+,48+,49+/m1/s1. The molecule has 22 heteroatoms. The van der Waals surface area contributed by atoms with Crippen LogP contribution in [0.15, 0.2) is 109 Å². The fraction of sp³-hybridized carbons (Fsp3) is 0.368. The zero-order valence-electron chi connectivity index (χ0n) is 44.1. The molecule has 1 aliphatic heterocycles. The molecule has 0 bridgehead atoms. The number of phenols is 1. The minimum atomic E-state index is -1.43. The molecule has 1 saturated heterocycles. The van der Waals surface area contributed by atoms with Crippen molar-refractivity contribution in [3.05, 3.63) is 137 Å². The number of fused-ring (bicyclic) bond motifs is 1. The van der Waals surface area contributed by atoms with Gasteiger partial charge in [-0.2, -0.15) is 0 Å². The number of H-pyrrole nitrogens is 1. The number of aliphatic carboxylic acids is 1. The number of aromatic hydroxyl groups is 1. The molecule has 1 aromatic heterocycles. The van der Waals surface area contributed by atoms with Crippen LogP contribution < -0.4 is 48.7 Å². The summed E-state index contributed by atoms with van der Waals surface area (Å²) in [5.74, 6) is -1.63. The lowest BCUT2D eigenvalue weighted by molar-refractivity contribution is -0.143. The highest BCUT2D eigenvalue weighted by atomic mass is 33.1. The average molecular weight is 1120 g/mol. The smallest absolute Gasteiger partial charge is 0.326 e. The second kappa shape index (κ2) is 29.8. The molecule has 8 atom stereocenters. The summed E-state index contributed by atoms with van der Waals surface area (Å²) >= 11 is 0. The molecule has 0 spiro atoms. The van der Waals surface area contributed by atoms with Crippen molar-refractivity contribution in [2.45, 2.75) is 108 Å². The number of hydrogen-bond acceptors (Lipinski definition) is 13. The lowest BCUT2D eigenvalue weighted by Crippen LogP contribution is -2.61. The van der Waals surface area contributed by atoms with Crippen LogP contribution in [0, 0.1) is 17.8 Å². The van der Waals surface area contributed by atoms with E-state index in [9.17, 15) is 48.6 Å². The van der Waals surface area contributed by atoms with Crippen molar-refractivity contribution in [1.82, 2.24) is 42.2 Å². The molecule has 2 heterocycles. The fourth-order valence-corrected chi connectivity index (χ4v) is 10.8. The van der Waals surface area contributed by atoms with Crippen LogP contribution in [0.3, 0.4) is 0 Å². The molecule has 0 radical (unpaired) electrons. The van der Waals surface area contributed by atoms with E-state index >= 15 is 0 Å². The largest absolute Gasteiger partial charge is 0.508 e. The second-order valence-corrected chi connectivity index (χ2v) is 22.1. The van der Waals surface area contributed by atoms with Gasteiger partial charge >= 0.3 is 5.97 Å². The first-order valence-electron chi connectivity index (χ1n) is 25.9. The predicted octanol–water partition coefficient (Wildman–Crippen LogP) is 2.31. The van der Waals surface area contributed by atoms with Gasteiger partial charge in [-0.05, 0) is 97.8 Å². The minimum Gasteiger partial charge on any atom is -0.508 e. The number of amides is 7. The highest BCUT2D eigenvalue weighted by Crippen LogP contribution is 2.25. The number of nitrogens with one attached hydrogen (secondary N) is 8. The van der Waals surface area contributed by atoms with Gasteiger partial charge in [0.15, 0.2) is 0 Å². The van der Waals surface area contributed by atoms with Crippen molar-refractivity contribution in [3.8, 4) is 17.6 Å². The zero-order valence-corrected chi connectivity index (χ0v) is 45.7. The van der Waals surface area contributed by atoms with Crippen molar-refractivity contribution in [3.63, 3.8) is 0 Å². The molecule has 1 aliphatic rings. The van der Waals surface area contributed by atoms with Crippen molar-refractivity contribution in [1.29, 1.82) is 0 Å². The average Bonchev–Trinajstić information content (AvgIpc) is 3.84. The number of unbranched alkanes of at least 4 members (excludes halogenated alkanes) is 1. The van der Waals surface area contributed by atoms with Crippen molar-refractivity contribution < 1.29 is 48.6 Å². The predicted molar refractivity (Wildman–Crippen MR) is 304 cm³/mol. The Morgan fingerprint density at radius 1 is 0.658 bits per heavy atom. The van der Waals surface area contributed by atoms with Crippen molar-refractivity contribution in [2.75, 3.05) is 18.1 Å². The monoisotopic (exact) mass is 1120 g/mol. The molecule has 79 heavy (non-hydrogen) atoms. The van der Waals surface area contributed by atoms with Crippen LogP contribution >= 0.6 is 21.6 Å². The van der Waals surface area contributed by atoms with Gasteiger partial charge in [0.1, 0.15) is 48.0 Å². The Morgan fingerprint density at radius 3 is 1.80 bits per heavy atom.